The number of amides is 2. The molecule has 2 amide bonds. The fourth-order valence-electron chi connectivity index (χ4n) is 3.94. The highest BCUT2D eigenvalue weighted by Crippen LogP contribution is 2.21. The van der Waals surface area contributed by atoms with E-state index >= 15 is 0 Å². The van der Waals surface area contributed by atoms with Crippen LogP contribution in [-0.4, -0.2) is 98.4 Å². The zero-order valence-electron chi connectivity index (χ0n) is 18.1. The van der Waals surface area contributed by atoms with Crippen molar-refractivity contribution < 1.29 is 9.59 Å². The molecule has 1 aromatic carbocycles. The zero-order chi connectivity index (χ0) is 20.8. The van der Waals surface area contributed by atoms with Gasteiger partial charge in [0.1, 0.15) is 0 Å². The Hall–Kier alpha value is -1.96. The van der Waals surface area contributed by atoms with Crippen LogP contribution >= 0.6 is 0 Å². The summed E-state index contributed by atoms with van der Waals surface area (Å²) in [5.74, 6) is -0.224. The Morgan fingerprint density at radius 1 is 1.14 bits per heavy atom. The molecule has 1 atom stereocenters. The van der Waals surface area contributed by atoms with E-state index in [1.165, 1.54) is 5.56 Å². The van der Waals surface area contributed by atoms with E-state index in [1.54, 1.807) is 0 Å². The normalized spacial score (nSPS) is 21.2. The molecule has 0 aliphatic carbocycles. The van der Waals surface area contributed by atoms with Crippen LogP contribution in [0.1, 0.15) is 18.4 Å². The van der Waals surface area contributed by atoms with Crippen molar-refractivity contribution >= 4 is 17.5 Å². The Bertz CT molecular complexity index is 683. The van der Waals surface area contributed by atoms with Gasteiger partial charge in [-0.25, -0.2) is 0 Å². The van der Waals surface area contributed by atoms with E-state index in [2.05, 4.69) is 39.2 Å². The van der Waals surface area contributed by atoms with Gasteiger partial charge in [0.25, 0.3) is 0 Å². The molecule has 2 saturated heterocycles. The number of piperazine rings is 1. The van der Waals surface area contributed by atoms with Gasteiger partial charge in [-0.05, 0) is 51.8 Å². The number of hydrogen-bond acceptors (Lipinski definition) is 5. The molecule has 2 aliphatic rings. The standard InChI is InChI=1S/C22H35N5O2/c1-24(2)9-4-10-27-17-19(15-21(27)28)22(29)23-20-7-5-18(6-8-20)16-26-13-11-25(3)12-14-26/h5-8,19H,4,9-17H2,1-3H3,(H,23,29). The fourth-order valence-corrected chi connectivity index (χ4v) is 3.94. The number of likely N-dealkylation sites (tertiary alicyclic amines) is 1. The van der Waals surface area contributed by atoms with Crippen LogP contribution in [0, 0.1) is 5.92 Å². The highest BCUT2D eigenvalue weighted by atomic mass is 16.2. The van der Waals surface area contributed by atoms with Crippen molar-refractivity contribution in [1.29, 1.82) is 0 Å². The van der Waals surface area contributed by atoms with E-state index in [0.717, 1.165) is 57.9 Å². The van der Waals surface area contributed by atoms with Crippen molar-refractivity contribution in [3.05, 3.63) is 29.8 Å². The van der Waals surface area contributed by atoms with Crippen molar-refractivity contribution in [2.45, 2.75) is 19.4 Å². The quantitative estimate of drug-likeness (QED) is 0.709. The summed E-state index contributed by atoms with van der Waals surface area (Å²) in [4.78, 5) is 33.6. The second kappa shape index (κ2) is 10.2. The average molecular weight is 402 g/mol. The van der Waals surface area contributed by atoms with E-state index in [1.807, 2.05) is 31.1 Å². The minimum Gasteiger partial charge on any atom is -0.342 e. The van der Waals surface area contributed by atoms with Crippen LogP contribution in [-0.2, 0) is 16.1 Å². The first-order valence-corrected chi connectivity index (χ1v) is 10.6. The number of carbonyl (C=O) groups is 2. The number of carbonyl (C=O) groups excluding carboxylic acids is 2. The molecule has 0 bridgehead atoms. The molecule has 7 heteroatoms. The lowest BCUT2D eigenvalue weighted by Gasteiger charge is -2.32. The minimum absolute atomic E-state index is 0.0553. The first-order chi connectivity index (χ1) is 13.9. The van der Waals surface area contributed by atoms with Crippen LogP contribution in [0.2, 0.25) is 0 Å². The van der Waals surface area contributed by atoms with Crippen molar-refractivity contribution in [2.75, 3.05) is 72.3 Å². The number of rotatable bonds is 8. The molecule has 2 aliphatic heterocycles. The minimum atomic E-state index is -0.258. The summed E-state index contributed by atoms with van der Waals surface area (Å²) in [6.45, 7) is 7.55. The van der Waals surface area contributed by atoms with Crippen LogP contribution in [0.25, 0.3) is 0 Å². The maximum absolute atomic E-state index is 12.6. The van der Waals surface area contributed by atoms with Crippen molar-refractivity contribution in [3.63, 3.8) is 0 Å². The Morgan fingerprint density at radius 2 is 1.83 bits per heavy atom. The third kappa shape index (κ3) is 6.52. The summed E-state index contributed by atoms with van der Waals surface area (Å²) in [5.41, 5.74) is 2.06. The van der Waals surface area contributed by atoms with Gasteiger partial charge >= 0.3 is 0 Å². The summed E-state index contributed by atoms with van der Waals surface area (Å²) in [6.07, 6.45) is 1.25. The molecule has 0 aromatic heterocycles. The number of nitrogens with one attached hydrogen (secondary N) is 1. The van der Waals surface area contributed by atoms with Gasteiger partial charge in [0, 0.05) is 57.9 Å². The lowest BCUT2D eigenvalue weighted by molar-refractivity contribution is -0.128. The van der Waals surface area contributed by atoms with E-state index < -0.39 is 0 Å². The van der Waals surface area contributed by atoms with Crippen LogP contribution < -0.4 is 5.32 Å². The predicted molar refractivity (Wildman–Crippen MR) is 116 cm³/mol. The van der Waals surface area contributed by atoms with Crippen LogP contribution in [0.4, 0.5) is 5.69 Å². The molecule has 160 valence electrons. The first-order valence-electron chi connectivity index (χ1n) is 10.6. The molecular weight excluding hydrogens is 366 g/mol. The summed E-state index contributed by atoms with van der Waals surface area (Å²) in [7, 11) is 6.21. The van der Waals surface area contributed by atoms with Gasteiger partial charge in [0.15, 0.2) is 0 Å². The maximum atomic E-state index is 12.6. The first kappa shape index (κ1) is 21.7. The maximum Gasteiger partial charge on any atom is 0.229 e. The SMILES string of the molecule is CN(C)CCCN1CC(C(=O)Nc2ccc(CN3CCN(C)CC3)cc2)CC1=O. The molecule has 1 N–H and O–H groups in total. The topological polar surface area (TPSA) is 59.1 Å². The van der Waals surface area contributed by atoms with E-state index in [-0.39, 0.29) is 17.7 Å². The van der Waals surface area contributed by atoms with Crippen molar-refractivity contribution in [3.8, 4) is 0 Å². The third-order valence-corrected chi connectivity index (χ3v) is 5.84. The fraction of sp³-hybridized carbons (Fsp3) is 0.636. The summed E-state index contributed by atoms with van der Waals surface area (Å²) < 4.78 is 0. The van der Waals surface area contributed by atoms with Crippen LogP contribution in [0.5, 0.6) is 0 Å². The molecular formula is C22H35N5O2. The van der Waals surface area contributed by atoms with Crippen LogP contribution in [0.15, 0.2) is 24.3 Å². The molecule has 3 rings (SSSR count). The highest BCUT2D eigenvalue weighted by molar-refractivity contribution is 5.97. The van der Waals surface area contributed by atoms with Crippen molar-refractivity contribution in [2.24, 2.45) is 5.92 Å². The second-order valence-electron chi connectivity index (χ2n) is 8.66. The number of likely N-dealkylation sites (N-methyl/N-ethyl adjacent to an activating group) is 1. The molecule has 2 heterocycles. The predicted octanol–water partition coefficient (Wildman–Crippen LogP) is 1.17. The number of anilines is 1. The van der Waals surface area contributed by atoms with E-state index in [0.29, 0.717) is 13.0 Å². The van der Waals surface area contributed by atoms with Gasteiger partial charge in [0.2, 0.25) is 11.8 Å². The molecule has 2 fully saturated rings. The zero-order valence-corrected chi connectivity index (χ0v) is 18.1. The monoisotopic (exact) mass is 401 g/mol. The van der Waals surface area contributed by atoms with Gasteiger partial charge < -0.3 is 20.0 Å². The molecule has 7 nitrogen and oxygen atoms in total. The van der Waals surface area contributed by atoms with Gasteiger partial charge in [-0.15, -0.1) is 0 Å². The second-order valence-corrected chi connectivity index (χ2v) is 8.66. The summed E-state index contributed by atoms with van der Waals surface area (Å²) in [6, 6.07) is 8.10. The van der Waals surface area contributed by atoms with E-state index in [9.17, 15) is 9.59 Å². The lowest BCUT2D eigenvalue weighted by atomic mass is 10.1. The van der Waals surface area contributed by atoms with Gasteiger partial charge in [-0.3, -0.25) is 14.5 Å². The molecule has 29 heavy (non-hydrogen) atoms. The molecule has 0 radical (unpaired) electrons. The molecule has 1 aromatic rings. The molecule has 1 unspecified atom stereocenters. The Morgan fingerprint density at radius 3 is 2.48 bits per heavy atom. The van der Waals surface area contributed by atoms with Crippen LogP contribution in [0.3, 0.4) is 0 Å². The largest absolute Gasteiger partial charge is 0.342 e. The Kier molecular flexibility index (Phi) is 7.64. The third-order valence-electron chi connectivity index (χ3n) is 5.84. The molecule has 0 spiro atoms. The van der Waals surface area contributed by atoms with Gasteiger partial charge in [-0.2, -0.15) is 0 Å². The summed E-state index contributed by atoms with van der Waals surface area (Å²) in [5, 5.41) is 2.99. The number of hydrogen-bond donors (Lipinski definition) is 1. The lowest BCUT2D eigenvalue weighted by Crippen LogP contribution is -2.43. The Labute approximate surface area is 174 Å². The van der Waals surface area contributed by atoms with E-state index in [4.69, 9.17) is 0 Å². The highest BCUT2D eigenvalue weighted by Gasteiger charge is 2.33. The number of nitrogens with zero attached hydrogens (tertiary/aromatic N) is 4. The average Bonchev–Trinajstić information content (AvgIpc) is 3.06. The number of benzene rings is 1. The van der Waals surface area contributed by atoms with Crippen molar-refractivity contribution in [1.82, 2.24) is 19.6 Å². The summed E-state index contributed by atoms with van der Waals surface area (Å²) >= 11 is 0. The Balaban J connectivity index is 1.45. The van der Waals surface area contributed by atoms with Gasteiger partial charge in [-0.1, -0.05) is 12.1 Å². The van der Waals surface area contributed by atoms with Gasteiger partial charge in [0.05, 0.1) is 5.92 Å². The molecule has 0 saturated carbocycles. The smallest absolute Gasteiger partial charge is 0.229 e.